The topological polar surface area (TPSA) is 8.81 Å². The van der Waals surface area contributed by atoms with E-state index in [1.807, 2.05) is 0 Å². The van der Waals surface area contributed by atoms with Crippen molar-refractivity contribution in [3.05, 3.63) is 18.2 Å². The first-order valence-corrected chi connectivity index (χ1v) is 15.4. The third-order valence-electron chi connectivity index (χ3n) is 7.44. The van der Waals surface area contributed by atoms with E-state index in [-0.39, 0.29) is 0 Å². The maximum Gasteiger partial charge on any atom is 0.256 e. The molecule has 0 radical (unpaired) electrons. The Morgan fingerprint density at radius 3 is 1.33 bits per heavy atom. The van der Waals surface area contributed by atoms with E-state index in [2.05, 4.69) is 42.3 Å². The van der Waals surface area contributed by atoms with Gasteiger partial charge in [-0.05, 0) is 26.2 Å². The van der Waals surface area contributed by atoms with Crippen LogP contribution in [0.2, 0.25) is 0 Å². The number of nitrogens with zero attached hydrogens (tertiary/aromatic N) is 2. The van der Waals surface area contributed by atoms with Gasteiger partial charge in [-0.3, -0.25) is 0 Å². The van der Waals surface area contributed by atoms with E-state index in [0.29, 0.717) is 0 Å². The molecule has 0 aliphatic heterocycles. The van der Waals surface area contributed by atoms with Gasteiger partial charge in [0.25, 0.3) is 5.82 Å². The van der Waals surface area contributed by atoms with Gasteiger partial charge in [-0.2, -0.15) is 0 Å². The number of imidazole rings is 1. The van der Waals surface area contributed by atoms with Crippen molar-refractivity contribution in [3.63, 3.8) is 0 Å². The fourth-order valence-corrected chi connectivity index (χ4v) is 5.17. The first-order chi connectivity index (χ1) is 16.3. The summed E-state index contributed by atoms with van der Waals surface area (Å²) < 4.78 is 5.04. The Labute approximate surface area is 208 Å². The van der Waals surface area contributed by atoms with Gasteiger partial charge in [0.15, 0.2) is 0 Å². The Balaban J connectivity index is 2.05. The second kappa shape index (κ2) is 23.0. The molecule has 0 atom stereocenters. The number of aryl methyl sites for hydroxylation is 2. The Hall–Kier alpha value is -0.790. The third kappa shape index (κ3) is 16.5. The van der Waals surface area contributed by atoms with Gasteiger partial charge >= 0.3 is 0 Å². The second-order valence-corrected chi connectivity index (χ2v) is 10.5. The van der Waals surface area contributed by atoms with Gasteiger partial charge in [-0.25, -0.2) is 9.13 Å². The molecule has 2 nitrogen and oxygen atoms in total. The zero-order chi connectivity index (χ0) is 23.8. The van der Waals surface area contributed by atoms with Crippen molar-refractivity contribution in [2.45, 2.75) is 182 Å². The molecular formula is C31H61N2+. The van der Waals surface area contributed by atoms with Crippen LogP contribution in [-0.4, -0.2) is 4.57 Å². The molecule has 0 fully saturated rings. The van der Waals surface area contributed by atoms with Crippen molar-refractivity contribution < 1.29 is 4.57 Å². The quantitative estimate of drug-likeness (QED) is 0.101. The molecule has 0 spiro atoms. The third-order valence-corrected chi connectivity index (χ3v) is 7.44. The molecule has 2 heteroatoms. The van der Waals surface area contributed by atoms with E-state index >= 15 is 0 Å². The summed E-state index contributed by atoms with van der Waals surface area (Å²) in [5.41, 5.74) is 0. The minimum Gasteiger partial charge on any atom is -0.235 e. The highest BCUT2D eigenvalue weighted by Crippen LogP contribution is 2.14. The number of hydrogen-bond acceptors (Lipinski definition) is 0. The molecule has 0 aliphatic carbocycles. The van der Waals surface area contributed by atoms with Crippen LogP contribution in [0.4, 0.5) is 0 Å². The lowest BCUT2D eigenvalue weighted by Crippen LogP contribution is -2.36. The Morgan fingerprint density at radius 1 is 0.515 bits per heavy atom. The average molecular weight is 462 g/mol. The minimum atomic E-state index is 1.11. The Bertz CT molecular complexity index is 519. The van der Waals surface area contributed by atoms with Crippen LogP contribution in [0, 0.1) is 0 Å². The molecule has 1 aromatic rings. The highest BCUT2D eigenvalue weighted by Gasteiger charge is 2.15. The monoisotopic (exact) mass is 461 g/mol. The molecule has 33 heavy (non-hydrogen) atoms. The molecule has 0 bridgehead atoms. The standard InChI is InChI=1S/C31H61N2/c1-4-7-9-11-13-15-16-17-18-20-22-24-26-28-33-30-29-32(6-3)31(33)27-25-23-21-19-14-12-10-8-5-2/h29-30H,4-28H2,1-3H3/q+1. The number of rotatable bonds is 25. The van der Waals surface area contributed by atoms with Crippen molar-refractivity contribution in [3.8, 4) is 0 Å². The van der Waals surface area contributed by atoms with E-state index in [1.165, 1.54) is 154 Å². The summed E-state index contributed by atoms with van der Waals surface area (Å²) >= 11 is 0. The van der Waals surface area contributed by atoms with E-state index < -0.39 is 0 Å². The summed E-state index contributed by atoms with van der Waals surface area (Å²) in [5, 5.41) is 0. The summed E-state index contributed by atoms with van der Waals surface area (Å²) in [6.45, 7) is 9.22. The Morgan fingerprint density at radius 2 is 0.909 bits per heavy atom. The van der Waals surface area contributed by atoms with Gasteiger partial charge < -0.3 is 0 Å². The fraction of sp³-hybridized carbons (Fsp3) is 0.903. The van der Waals surface area contributed by atoms with Crippen molar-refractivity contribution in [2.75, 3.05) is 0 Å². The maximum atomic E-state index is 2.56. The van der Waals surface area contributed by atoms with Crippen molar-refractivity contribution >= 4 is 0 Å². The molecule has 1 rings (SSSR count). The van der Waals surface area contributed by atoms with Gasteiger partial charge in [-0.1, -0.05) is 136 Å². The largest absolute Gasteiger partial charge is 0.256 e. The molecule has 0 unspecified atom stereocenters. The first kappa shape index (κ1) is 30.2. The number of hydrogen-bond donors (Lipinski definition) is 0. The van der Waals surface area contributed by atoms with Crippen molar-refractivity contribution in [2.24, 2.45) is 0 Å². The summed E-state index contributed by atoms with van der Waals surface area (Å²) in [5.74, 6) is 1.57. The predicted molar refractivity (Wildman–Crippen MR) is 147 cm³/mol. The SMILES string of the molecule is CCCCCCCCCCCCCCCn1cc[n+](CC)c1CCCCCCCCCCC. The van der Waals surface area contributed by atoms with Crippen LogP contribution in [0.5, 0.6) is 0 Å². The fourth-order valence-electron chi connectivity index (χ4n) is 5.17. The van der Waals surface area contributed by atoms with Crippen molar-refractivity contribution in [1.82, 2.24) is 4.57 Å². The first-order valence-electron chi connectivity index (χ1n) is 15.4. The maximum absolute atomic E-state index is 2.56. The van der Waals surface area contributed by atoms with Crippen LogP contribution in [0.3, 0.4) is 0 Å². The minimum absolute atomic E-state index is 1.11. The molecule has 194 valence electrons. The van der Waals surface area contributed by atoms with Crippen molar-refractivity contribution in [1.29, 1.82) is 0 Å². The van der Waals surface area contributed by atoms with E-state index in [4.69, 9.17) is 0 Å². The molecule has 0 saturated carbocycles. The lowest BCUT2D eigenvalue weighted by Gasteiger charge is -2.06. The highest BCUT2D eigenvalue weighted by molar-refractivity contribution is 4.84. The molecule has 0 aliphatic rings. The zero-order valence-corrected chi connectivity index (χ0v) is 23.2. The molecule has 1 aromatic heterocycles. The van der Waals surface area contributed by atoms with Crippen LogP contribution >= 0.6 is 0 Å². The molecule has 0 amide bonds. The van der Waals surface area contributed by atoms with Crippen LogP contribution in [-0.2, 0) is 19.5 Å². The van der Waals surface area contributed by atoms with E-state index in [9.17, 15) is 0 Å². The van der Waals surface area contributed by atoms with Gasteiger partial charge in [0.1, 0.15) is 12.4 Å². The van der Waals surface area contributed by atoms with Crippen LogP contribution in [0.1, 0.15) is 168 Å². The predicted octanol–water partition coefficient (Wildman–Crippen LogP) is 9.96. The molecule has 0 N–H and O–H groups in total. The lowest BCUT2D eigenvalue weighted by molar-refractivity contribution is -0.700. The van der Waals surface area contributed by atoms with E-state index in [1.54, 1.807) is 5.82 Å². The zero-order valence-electron chi connectivity index (χ0n) is 23.2. The van der Waals surface area contributed by atoms with Gasteiger partial charge in [0.05, 0.1) is 13.1 Å². The molecule has 0 saturated heterocycles. The summed E-state index contributed by atoms with van der Waals surface area (Å²) in [7, 11) is 0. The lowest BCUT2D eigenvalue weighted by atomic mass is 10.0. The van der Waals surface area contributed by atoms with Gasteiger partial charge in [0, 0.05) is 6.42 Å². The summed E-state index contributed by atoms with van der Waals surface area (Å²) in [6, 6.07) is 0. The van der Waals surface area contributed by atoms with Gasteiger partial charge in [-0.15, -0.1) is 0 Å². The number of aromatic nitrogens is 2. The normalized spacial score (nSPS) is 11.5. The molecule has 0 aromatic carbocycles. The Kier molecular flexibility index (Phi) is 21.1. The second-order valence-electron chi connectivity index (χ2n) is 10.5. The summed E-state index contributed by atoms with van der Waals surface area (Å²) in [4.78, 5) is 0. The van der Waals surface area contributed by atoms with E-state index in [0.717, 1.165) is 6.54 Å². The van der Waals surface area contributed by atoms with Crippen LogP contribution < -0.4 is 4.57 Å². The van der Waals surface area contributed by atoms with Gasteiger partial charge in [0.2, 0.25) is 0 Å². The average Bonchev–Trinajstić information content (AvgIpc) is 3.22. The highest BCUT2D eigenvalue weighted by atomic mass is 15.1. The van der Waals surface area contributed by atoms with Crippen LogP contribution in [0.25, 0.3) is 0 Å². The van der Waals surface area contributed by atoms with Crippen LogP contribution in [0.15, 0.2) is 12.4 Å². The smallest absolute Gasteiger partial charge is 0.235 e. The number of unbranched alkanes of at least 4 members (excludes halogenated alkanes) is 20. The molecule has 1 heterocycles. The molecular weight excluding hydrogens is 400 g/mol. The summed E-state index contributed by atoms with van der Waals surface area (Å²) in [6.07, 6.45) is 37.3.